The highest BCUT2D eigenvalue weighted by atomic mass is 16.5. The Labute approximate surface area is 121 Å². The van der Waals surface area contributed by atoms with Gasteiger partial charge in [0.25, 0.3) is 0 Å². The molecule has 4 N–H and O–H groups in total. The van der Waals surface area contributed by atoms with Gasteiger partial charge in [0.05, 0.1) is 37.8 Å². The summed E-state index contributed by atoms with van der Waals surface area (Å²) in [7, 11) is 0. The van der Waals surface area contributed by atoms with Gasteiger partial charge < -0.3 is 30.3 Å². The summed E-state index contributed by atoms with van der Waals surface area (Å²) >= 11 is 0. The van der Waals surface area contributed by atoms with Crippen LogP contribution in [0.4, 0.5) is 4.79 Å². The monoisotopic (exact) mass is 304 g/mol. The molecular weight excluding hydrogens is 284 g/mol. The van der Waals surface area contributed by atoms with Crippen LogP contribution in [0.5, 0.6) is 0 Å². The molecule has 21 heavy (non-hydrogen) atoms. The van der Waals surface area contributed by atoms with Crippen molar-refractivity contribution in [3.63, 3.8) is 0 Å². The Balaban J connectivity index is 2.72. The van der Waals surface area contributed by atoms with Crippen LogP contribution in [-0.2, 0) is 14.3 Å². The Kier molecular flexibility index (Phi) is 5.50. The zero-order valence-electron chi connectivity index (χ0n) is 11.9. The molecule has 1 rings (SSSR count). The summed E-state index contributed by atoms with van der Waals surface area (Å²) in [6.45, 7) is 3.51. The number of aliphatic hydroxyl groups is 1. The molecule has 0 aliphatic carbocycles. The fourth-order valence-corrected chi connectivity index (χ4v) is 2.16. The maximum Gasteiger partial charge on any atom is 0.326 e. The van der Waals surface area contributed by atoms with E-state index in [0.717, 1.165) is 0 Å². The van der Waals surface area contributed by atoms with Crippen LogP contribution in [0.2, 0.25) is 0 Å². The molecule has 2 amide bonds. The van der Waals surface area contributed by atoms with E-state index >= 15 is 0 Å². The number of aliphatic hydroxyl groups excluding tert-OH is 1. The molecule has 0 aromatic carbocycles. The number of hydrogen-bond donors (Lipinski definition) is 4. The predicted molar refractivity (Wildman–Crippen MR) is 69.8 cm³/mol. The van der Waals surface area contributed by atoms with Crippen LogP contribution in [0.3, 0.4) is 0 Å². The summed E-state index contributed by atoms with van der Waals surface area (Å²) < 4.78 is 5.54. The van der Waals surface area contributed by atoms with Crippen LogP contribution in [0.25, 0.3) is 0 Å². The van der Waals surface area contributed by atoms with Gasteiger partial charge in [-0.3, -0.25) is 4.79 Å². The zero-order chi connectivity index (χ0) is 16.2. The summed E-state index contributed by atoms with van der Waals surface area (Å²) in [4.78, 5) is 34.9. The van der Waals surface area contributed by atoms with Gasteiger partial charge in [-0.05, 0) is 13.8 Å². The summed E-state index contributed by atoms with van der Waals surface area (Å²) in [5.41, 5.74) is -0.686. The number of aliphatic carboxylic acids is 2. The maximum atomic E-state index is 12.1. The molecule has 0 aromatic rings. The van der Waals surface area contributed by atoms with E-state index in [0.29, 0.717) is 0 Å². The lowest BCUT2D eigenvalue weighted by Crippen LogP contribution is -2.59. The second-order valence-corrected chi connectivity index (χ2v) is 5.50. The molecule has 1 saturated heterocycles. The predicted octanol–water partition coefficient (Wildman–Crippen LogP) is -0.904. The molecule has 0 saturated carbocycles. The van der Waals surface area contributed by atoms with Crippen LogP contribution >= 0.6 is 0 Å². The maximum absolute atomic E-state index is 12.1. The smallest absolute Gasteiger partial charge is 0.326 e. The van der Waals surface area contributed by atoms with E-state index < -0.39 is 42.1 Å². The number of rotatable bonds is 5. The number of ether oxygens (including phenoxy) is 1. The van der Waals surface area contributed by atoms with E-state index in [1.165, 1.54) is 4.90 Å². The molecule has 0 aromatic heterocycles. The second kappa shape index (κ2) is 6.72. The van der Waals surface area contributed by atoms with Crippen molar-refractivity contribution in [2.45, 2.75) is 38.0 Å². The Bertz CT molecular complexity index is 424. The van der Waals surface area contributed by atoms with Crippen molar-refractivity contribution in [2.24, 2.45) is 0 Å². The normalized spacial score (nSPS) is 22.4. The van der Waals surface area contributed by atoms with E-state index in [2.05, 4.69) is 5.32 Å². The van der Waals surface area contributed by atoms with Crippen molar-refractivity contribution in [2.75, 3.05) is 19.7 Å². The van der Waals surface area contributed by atoms with Crippen molar-refractivity contribution in [1.29, 1.82) is 0 Å². The number of carboxylic acids is 2. The SMILES string of the molecule is CC1(C)CN(C(=O)N[C@H](CC(=O)O)C(=O)O)CC(CO)O1. The number of nitrogens with one attached hydrogen (secondary N) is 1. The molecule has 0 radical (unpaired) electrons. The summed E-state index contributed by atoms with van der Waals surface area (Å²) in [6.07, 6.45) is -1.28. The van der Waals surface area contributed by atoms with Crippen LogP contribution < -0.4 is 5.32 Å². The molecule has 9 nitrogen and oxygen atoms in total. The van der Waals surface area contributed by atoms with Gasteiger partial charge in [-0.15, -0.1) is 0 Å². The number of hydrogen-bond acceptors (Lipinski definition) is 5. The molecule has 9 heteroatoms. The molecule has 2 atom stereocenters. The van der Waals surface area contributed by atoms with Crippen LogP contribution in [0.1, 0.15) is 20.3 Å². The first-order chi connectivity index (χ1) is 9.64. The lowest BCUT2D eigenvalue weighted by Gasteiger charge is -2.42. The summed E-state index contributed by atoms with van der Waals surface area (Å²) in [5.74, 6) is -2.74. The Hall–Kier alpha value is -1.87. The van der Waals surface area contributed by atoms with Crippen molar-refractivity contribution in [3.8, 4) is 0 Å². The number of amides is 2. The van der Waals surface area contributed by atoms with E-state index in [1.807, 2.05) is 0 Å². The minimum atomic E-state index is -1.51. The molecule has 1 aliphatic heterocycles. The topological polar surface area (TPSA) is 136 Å². The first-order valence-electron chi connectivity index (χ1n) is 6.43. The quantitative estimate of drug-likeness (QED) is 0.516. The minimum absolute atomic E-state index is 0.102. The first kappa shape index (κ1) is 17.2. The van der Waals surface area contributed by atoms with Gasteiger partial charge in [-0.25, -0.2) is 9.59 Å². The first-order valence-corrected chi connectivity index (χ1v) is 6.43. The van der Waals surface area contributed by atoms with Crippen molar-refractivity contribution in [3.05, 3.63) is 0 Å². The highest BCUT2D eigenvalue weighted by Crippen LogP contribution is 2.20. The Morgan fingerprint density at radius 2 is 2.00 bits per heavy atom. The number of nitrogens with zero attached hydrogens (tertiary/aromatic N) is 1. The molecule has 1 aliphatic rings. The molecule has 120 valence electrons. The molecule has 0 bridgehead atoms. The molecule has 1 fully saturated rings. The molecular formula is C12H20N2O7. The van der Waals surface area contributed by atoms with Gasteiger partial charge in [0, 0.05) is 0 Å². The third-order valence-electron chi connectivity index (χ3n) is 2.95. The summed E-state index contributed by atoms with van der Waals surface area (Å²) in [6, 6.07) is -2.20. The average molecular weight is 304 g/mol. The number of carbonyl (C=O) groups excluding carboxylic acids is 1. The lowest BCUT2D eigenvalue weighted by molar-refractivity contribution is -0.146. The number of carboxylic acid groups (broad SMARTS) is 2. The molecule has 0 spiro atoms. The molecule has 1 unspecified atom stereocenters. The molecule has 1 heterocycles. The van der Waals surface area contributed by atoms with E-state index in [-0.39, 0.29) is 19.7 Å². The third kappa shape index (κ3) is 5.20. The number of carbonyl (C=O) groups is 3. The third-order valence-corrected chi connectivity index (χ3v) is 2.95. The fourth-order valence-electron chi connectivity index (χ4n) is 2.16. The van der Waals surface area contributed by atoms with E-state index in [9.17, 15) is 14.4 Å². The van der Waals surface area contributed by atoms with Gasteiger partial charge in [-0.2, -0.15) is 0 Å². The van der Waals surface area contributed by atoms with Crippen LogP contribution in [0.15, 0.2) is 0 Å². The van der Waals surface area contributed by atoms with Gasteiger partial charge >= 0.3 is 18.0 Å². The highest BCUT2D eigenvalue weighted by molar-refractivity contribution is 5.86. The van der Waals surface area contributed by atoms with Gasteiger partial charge in [0.1, 0.15) is 6.04 Å². The van der Waals surface area contributed by atoms with E-state index in [1.54, 1.807) is 13.8 Å². The summed E-state index contributed by atoms with van der Waals surface area (Å²) in [5, 5.41) is 28.9. The van der Waals surface area contributed by atoms with Gasteiger partial charge in [0.2, 0.25) is 0 Å². The van der Waals surface area contributed by atoms with E-state index in [4.69, 9.17) is 20.1 Å². The highest BCUT2D eigenvalue weighted by Gasteiger charge is 2.36. The standard InChI is InChI=1S/C12H20N2O7/c1-12(2)6-14(4-7(5-15)21-12)11(20)13-8(10(18)19)3-9(16)17/h7-8,15H,3-6H2,1-2H3,(H,13,20)(H,16,17)(H,18,19)/t7?,8-/m1/s1. The fraction of sp³-hybridized carbons (Fsp3) is 0.750. The number of morpholine rings is 1. The van der Waals surface area contributed by atoms with Crippen molar-refractivity contribution < 1.29 is 34.4 Å². The van der Waals surface area contributed by atoms with Crippen molar-refractivity contribution in [1.82, 2.24) is 10.2 Å². The zero-order valence-corrected chi connectivity index (χ0v) is 11.9. The minimum Gasteiger partial charge on any atom is -0.481 e. The largest absolute Gasteiger partial charge is 0.481 e. The lowest BCUT2D eigenvalue weighted by atomic mass is 10.1. The van der Waals surface area contributed by atoms with Gasteiger partial charge in [-0.1, -0.05) is 0 Å². The van der Waals surface area contributed by atoms with Crippen LogP contribution in [0, 0.1) is 0 Å². The van der Waals surface area contributed by atoms with Crippen molar-refractivity contribution >= 4 is 18.0 Å². The second-order valence-electron chi connectivity index (χ2n) is 5.50. The average Bonchev–Trinajstić information content (AvgIpc) is 2.35. The number of urea groups is 1. The van der Waals surface area contributed by atoms with Gasteiger partial charge in [0.15, 0.2) is 0 Å². The van der Waals surface area contributed by atoms with Crippen LogP contribution in [-0.4, -0.2) is 75.6 Å². The Morgan fingerprint density at radius 1 is 1.38 bits per heavy atom. The Morgan fingerprint density at radius 3 is 2.48 bits per heavy atom.